The number of aryl methyl sites for hydroxylation is 1. The average Bonchev–Trinajstić information content (AvgIpc) is 2.55. The molecule has 0 aliphatic carbocycles. The van der Waals surface area contributed by atoms with Crippen LogP contribution in [0.2, 0.25) is 0 Å². The molecule has 1 aliphatic heterocycles. The van der Waals surface area contributed by atoms with Crippen molar-refractivity contribution in [1.29, 1.82) is 0 Å². The van der Waals surface area contributed by atoms with Crippen molar-refractivity contribution in [3.05, 3.63) is 29.3 Å². The zero-order chi connectivity index (χ0) is 20.4. The highest BCUT2D eigenvalue weighted by Gasteiger charge is 2.26. The van der Waals surface area contributed by atoms with E-state index in [1.54, 1.807) is 18.2 Å². The lowest BCUT2D eigenvalue weighted by Crippen LogP contribution is -2.41. The van der Waals surface area contributed by atoms with Crippen LogP contribution < -0.4 is 9.62 Å². The van der Waals surface area contributed by atoms with E-state index in [-0.39, 0.29) is 5.41 Å². The number of fused-ring (bicyclic) bond motifs is 1. The lowest BCUT2D eigenvalue weighted by Gasteiger charge is -2.29. The third-order valence-electron chi connectivity index (χ3n) is 4.60. The molecule has 0 bridgehead atoms. The first-order valence-electron chi connectivity index (χ1n) is 9.03. The van der Waals surface area contributed by atoms with Gasteiger partial charge in [0, 0.05) is 12.1 Å². The van der Waals surface area contributed by atoms with Crippen molar-refractivity contribution >= 4 is 27.6 Å². The van der Waals surface area contributed by atoms with Crippen LogP contribution in [0.1, 0.15) is 56.0 Å². The third-order valence-corrected chi connectivity index (χ3v) is 5.78. The second-order valence-corrected chi connectivity index (χ2v) is 10.2. The van der Waals surface area contributed by atoms with Crippen LogP contribution >= 0.6 is 0 Å². The van der Waals surface area contributed by atoms with Gasteiger partial charge in [0.15, 0.2) is 0 Å². The zero-order valence-corrected chi connectivity index (χ0v) is 17.1. The summed E-state index contributed by atoms with van der Waals surface area (Å²) in [6.07, 6.45) is 3.52. The second-order valence-electron chi connectivity index (χ2n) is 8.25. The summed E-state index contributed by atoms with van der Waals surface area (Å²) in [5.74, 6) is -1.52. The summed E-state index contributed by atoms with van der Waals surface area (Å²) in [6.45, 7) is 6.48. The molecule has 8 heteroatoms. The number of sulfonamides is 1. The number of nitrogens with one attached hydrogen (secondary N) is 1. The van der Waals surface area contributed by atoms with Gasteiger partial charge in [-0.3, -0.25) is 9.10 Å². The van der Waals surface area contributed by atoms with Gasteiger partial charge in [0.25, 0.3) is 5.91 Å². The molecule has 0 saturated carbocycles. The predicted molar refractivity (Wildman–Crippen MR) is 105 cm³/mol. The lowest BCUT2D eigenvalue weighted by atomic mass is 9.88. The SMILES string of the molecule is CC(C)(C)CCC(NC(=O)c1ccc2c(c1)CCCN2S(C)(=O)=O)C(=O)O. The number of rotatable bonds is 6. The highest BCUT2D eigenvalue weighted by molar-refractivity contribution is 7.92. The van der Waals surface area contributed by atoms with Crippen LogP contribution in [0.15, 0.2) is 18.2 Å². The van der Waals surface area contributed by atoms with Crippen LogP contribution in [-0.2, 0) is 21.2 Å². The molecule has 0 spiro atoms. The van der Waals surface area contributed by atoms with E-state index < -0.39 is 27.9 Å². The monoisotopic (exact) mass is 396 g/mol. The maximum Gasteiger partial charge on any atom is 0.326 e. The number of hydrogen-bond acceptors (Lipinski definition) is 4. The maximum atomic E-state index is 12.5. The van der Waals surface area contributed by atoms with E-state index in [0.717, 1.165) is 11.8 Å². The van der Waals surface area contributed by atoms with Gasteiger partial charge in [-0.2, -0.15) is 0 Å². The summed E-state index contributed by atoms with van der Waals surface area (Å²) < 4.78 is 25.2. The van der Waals surface area contributed by atoms with Crippen LogP contribution in [0.4, 0.5) is 5.69 Å². The number of hydrogen-bond donors (Lipinski definition) is 2. The first-order chi connectivity index (χ1) is 12.4. The number of nitrogens with zero attached hydrogens (tertiary/aromatic N) is 1. The Labute approximate surface area is 160 Å². The molecule has 0 saturated heterocycles. The maximum absolute atomic E-state index is 12.5. The number of carboxylic acids is 1. The summed E-state index contributed by atoms with van der Waals surface area (Å²) in [6, 6.07) is 3.86. The molecular weight excluding hydrogens is 368 g/mol. The molecule has 2 N–H and O–H groups in total. The van der Waals surface area contributed by atoms with Crippen LogP contribution in [0.25, 0.3) is 0 Å². The Morgan fingerprint density at radius 2 is 1.96 bits per heavy atom. The second kappa shape index (κ2) is 7.88. The highest BCUT2D eigenvalue weighted by atomic mass is 32.2. The number of anilines is 1. The van der Waals surface area contributed by atoms with Crippen LogP contribution in [0, 0.1) is 5.41 Å². The minimum Gasteiger partial charge on any atom is -0.480 e. The van der Waals surface area contributed by atoms with Crippen LogP contribution in [0.3, 0.4) is 0 Å². The van der Waals surface area contributed by atoms with E-state index in [4.69, 9.17) is 0 Å². The van der Waals surface area contributed by atoms with E-state index in [1.807, 2.05) is 20.8 Å². The number of benzene rings is 1. The standard InChI is InChI=1S/C19H28N2O5S/c1-19(2,3)10-9-15(18(23)24)20-17(22)14-7-8-16-13(12-14)6-5-11-21(16)27(4,25)26/h7-8,12,15H,5-6,9-11H2,1-4H3,(H,20,22)(H,23,24). The normalized spacial score (nSPS) is 15.8. The fourth-order valence-electron chi connectivity index (χ4n) is 3.12. The zero-order valence-electron chi connectivity index (χ0n) is 16.3. The summed E-state index contributed by atoms with van der Waals surface area (Å²) >= 11 is 0. The first kappa shape index (κ1) is 21.2. The molecule has 0 aromatic heterocycles. The molecule has 150 valence electrons. The molecule has 2 rings (SSSR count). The van der Waals surface area contributed by atoms with Crippen LogP contribution in [0.5, 0.6) is 0 Å². The van der Waals surface area contributed by atoms with Crippen molar-refractivity contribution in [3.63, 3.8) is 0 Å². The van der Waals surface area contributed by atoms with Gasteiger partial charge in [-0.15, -0.1) is 0 Å². The quantitative estimate of drug-likeness (QED) is 0.768. The van der Waals surface area contributed by atoms with E-state index >= 15 is 0 Å². The Morgan fingerprint density at radius 1 is 1.30 bits per heavy atom. The van der Waals surface area contributed by atoms with E-state index in [0.29, 0.717) is 43.5 Å². The Hall–Kier alpha value is -2.09. The topological polar surface area (TPSA) is 104 Å². The molecule has 1 aromatic rings. The number of carboxylic acid groups (broad SMARTS) is 1. The summed E-state index contributed by atoms with van der Waals surface area (Å²) in [4.78, 5) is 24.0. The van der Waals surface area contributed by atoms with Gasteiger partial charge >= 0.3 is 5.97 Å². The largest absolute Gasteiger partial charge is 0.480 e. The molecule has 1 aromatic carbocycles. The highest BCUT2D eigenvalue weighted by Crippen LogP contribution is 2.30. The molecule has 1 amide bonds. The van der Waals surface area contributed by atoms with Gasteiger partial charge in [0.1, 0.15) is 6.04 Å². The first-order valence-corrected chi connectivity index (χ1v) is 10.9. The lowest BCUT2D eigenvalue weighted by molar-refractivity contribution is -0.139. The Kier molecular flexibility index (Phi) is 6.19. The van der Waals surface area contributed by atoms with Crippen molar-refractivity contribution < 1.29 is 23.1 Å². The molecular formula is C19H28N2O5S. The van der Waals surface area contributed by atoms with Crippen molar-refractivity contribution in [2.75, 3.05) is 17.1 Å². The third kappa shape index (κ3) is 5.69. The number of carbonyl (C=O) groups is 2. The smallest absolute Gasteiger partial charge is 0.326 e. The fourth-order valence-corrected chi connectivity index (χ4v) is 4.12. The number of aliphatic carboxylic acids is 1. The van der Waals surface area contributed by atoms with Gasteiger partial charge in [-0.1, -0.05) is 20.8 Å². The van der Waals surface area contributed by atoms with Crippen LogP contribution in [-0.4, -0.2) is 44.2 Å². The molecule has 1 unspecified atom stereocenters. The van der Waals surface area contributed by atoms with Crippen molar-refractivity contribution in [1.82, 2.24) is 5.32 Å². The molecule has 7 nitrogen and oxygen atoms in total. The molecule has 1 atom stereocenters. The Morgan fingerprint density at radius 3 is 2.52 bits per heavy atom. The average molecular weight is 397 g/mol. The number of carbonyl (C=O) groups excluding carboxylic acids is 1. The van der Waals surface area contributed by atoms with Crippen molar-refractivity contribution in [2.45, 2.75) is 52.5 Å². The summed E-state index contributed by atoms with van der Waals surface area (Å²) in [7, 11) is -3.37. The van der Waals surface area contributed by atoms with Crippen molar-refractivity contribution in [2.24, 2.45) is 5.41 Å². The molecule has 0 fully saturated rings. The predicted octanol–water partition coefficient (Wildman–Crippen LogP) is 2.41. The van der Waals surface area contributed by atoms with Gasteiger partial charge in [0.05, 0.1) is 11.9 Å². The number of amides is 1. The Balaban J connectivity index is 2.18. The minimum atomic E-state index is -3.37. The minimum absolute atomic E-state index is 0.0284. The molecule has 27 heavy (non-hydrogen) atoms. The van der Waals surface area contributed by atoms with Gasteiger partial charge in [0.2, 0.25) is 10.0 Å². The Bertz CT molecular complexity index is 827. The van der Waals surface area contributed by atoms with Gasteiger partial charge < -0.3 is 10.4 Å². The van der Waals surface area contributed by atoms with Gasteiger partial charge in [-0.05, 0) is 54.9 Å². The molecule has 1 aliphatic rings. The summed E-state index contributed by atoms with van der Waals surface area (Å²) in [5.41, 5.74) is 1.68. The molecule has 1 heterocycles. The summed E-state index contributed by atoms with van der Waals surface area (Å²) in [5, 5.41) is 12.0. The van der Waals surface area contributed by atoms with E-state index in [1.165, 1.54) is 4.31 Å². The van der Waals surface area contributed by atoms with E-state index in [2.05, 4.69) is 5.32 Å². The molecule has 0 radical (unpaired) electrons. The van der Waals surface area contributed by atoms with Gasteiger partial charge in [-0.25, -0.2) is 13.2 Å². The van der Waals surface area contributed by atoms with E-state index in [9.17, 15) is 23.1 Å². The fraction of sp³-hybridized carbons (Fsp3) is 0.579. The van der Waals surface area contributed by atoms with Crippen molar-refractivity contribution in [3.8, 4) is 0 Å².